The molecule has 0 saturated carbocycles. The molecule has 1 amide bonds. The topological polar surface area (TPSA) is 84.1 Å². The predicted molar refractivity (Wildman–Crippen MR) is 85.3 cm³/mol. The van der Waals surface area contributed by atoms with Crippen molar-refractivity contribution in [1.29, 1.82) is 0 Å². The van der Waals surface area contributed by atoms with Gasteiger partial charge in [0.2, 0.25) is 5.91 Å². The number of carbonyl (C=O) groups is 1. The maximum Gasteiger partial charge on any atom is 0.251 e. The first-order valence-corrected chi connectivity index (χ1v) is 7.74. The molecule has 116 valence electrons. The van der Waals surface area contributed by atoms with E-state index < -0.39 is 0 Å². The van der Waals surface area contributed by atoms with Crippen LogP contribution < -0.4 is 15.6 Å². The monoisotopic (exact) mass is 319 g/mol. The van der Waals surface area contributed by atoms with Gasteiger partial charge in [-0.2, -0.15) is 0 Å². The molecule has 0 aliphatic rings. The minimum Gasteiger partial charge on any atom is -0.496 e. The van der Waals surface area contributed by atoms with Crippen molar-refractivity contribution in [2.24, 2.45) is 0 Å². The van der Waals surface area contributed by atoms with E-state index in [2.05, 4.69) is 15.3 Å². The summed E-state index contributed by atoms with van der Waals surface area (Å²) in [5, 5.41) is 3.27. The Morgan fingerprint density at radius 2 is 2.18 bits per heavy atom. The number of carbonyl (C=O) groups excluding carboxylic acids is 1. The van der Waals surface area contributed by atoms with E-state index in [4.69, 9.17) is 4.74 Å². The molecule has 0 bridgehead atoms. The van der Waals surface area contributed by atoms with E-state index >= 15 is 0 Å². The van der Waals surface area contributed by atoms with Crippen molar-refractivity contribution in [1.82, 2.24) is 15.3 Å². The maximum atomic E-state index is 11.8. The number of H-pyrrole nitrogens is 1. The molecule has 22 heavy (non-hydrogen) atoms. The Morgan fingerprint density at radius 3 is 2.95 bits per heavy atom. The average Bonchev–Trinajstić information content (AvgIpc) is 2.53. The van der Waals surface area contributed by atoms with Crippen molar-refractivity contribution in [3.05, 3.63) is 52.4 Å². The van der Waals surface area contributed by atoms with Gasteiger partial charge in [0.25, 0.3) is 5.56 Å². The summed E-state index contributed by atoms with van der Waals surface area (Å²) >= 11 is 1.19. The standard InChI is InChI=1S/C15H17N3O3S/c1-21-12-5-3-2-4-11(12)6-8-16-14(20)10-22-15-17-9-7-13(19)18-15/h2-5,7,9H,6,8,10H2,1H3,(H,16,20)(H,17,18,19). The summed E-state index contributed by atoms with van der Waals surface area (Å²) in [6, 6.07) is 9.04. The molecule has 2 N–H and O–H groups in total. The smallest absolute Gasteiger partial charge is 0.251 e. The van der Waals surface area contributed by atoms with Crippen LogP contribution in [0.25, 0.3) is 0 Å². The van der Waals surface area contributed by atoms with Crippen molar-refractivity contribution in [3.63, 3.8) is 0 Å². The van der Waals surface area contributed by atoms with Crippen LogP contribution in [-0.2, 0) is 11.2 Å². The molecule has 0 radical (unpaired) electrons. The number of benzene rings is 1. The van der Waals surface area contributed by atoms with Gasteiger partial charge in [-0.15, -0.1) is 0 Å². The maximum absolute atomic E-state index is 11.8. The first kappa shape index (κ1) is 16.1. The van der Waals surface area contributed by atoms with Crippen molar-refractivity contribution in [2.75, 3.05) is 19.4 Å². The van der Waals surface area contributed by atoms with Crippen LogP contribution in [0.4, 0.5) is 0 Å². The predicted octanol–water partition coefficient (Wildman–Crippen LogP) is 1.23. The van der Waals surface area contributed by atoms with Gasteiger partial charge in [0, 0.05) is 18.8 Å². The Kier molecular flexibility index (Phi) is 6.02. The molecule has 2 rings (SSSR count). The summed E-state index contributed by atoms with van der Waals surface area (Å²) in [7, 11) is 1.63. The van der Waals surface area contributed by atoms with Gasteiger partial charge < -0.3 is 15.0 Å². The Morgan fingerprint density at radius 1 is 1.36 bits per heavy atom. The van der Waals surface area contributed by atoms with Gasteiger partial charge in [-0.1, -0.05) is 30.0 Å². The normalized spacial score (nSPS) is 10.2. The number of para-hydroxylation sites is 1. The van der Waals surface area contributed by atoms with E-state index in [1.54, 1.807) is 7.11 Å². The van der Waals surface area contributed by atoms with Gasteiger partial charge in [0.15, 0.2) is 5.16 Å². The van der Waals surface area contributed by atoms with E-state index in [1.165, 1.54) is 24.0 Å². The molecule has 0 atom stereocenters. The number of thioether (sulfide) groups is 1. The van der Waals surface area contributed by atoms with Crippen molar-refractivity contribution in [3.8, 4) is 5.75 Å². The lowest BCUT2D eigenvalue weighted by molar-refractivity contribution is -0.118. The number of nitrogens with zero attached hydrogens (tertiary/aromatic N) is 1. The molecular weight excluding hydrogens is 302 g/mol. The molecular formula is C15H17N3O3S. The van der Waals surface area contributed by atoms with Gasteiger partial charge >= 0.3 is 0 Å². The number of hydrogen-bond donors (Lipinski definition) is 2. The van der Waals surface area contributed by atoms with Crippen molar-refractivity contribution in [2.45, 2.75) is 11.6 Å². The molecule has 0 spiro atoms. The van der Waals surface area contributed by atoms with E-state index in [0.717, 1.165) is 11.3 Å². The van der Waals surface area contributed by atoms with Gasteiger partial charge in [-0.05, 0) is 18.1 Å². The Hall–Kier alpha value is -2.28. The number of nitrogens with one attached hydrogen (secondary N) is 2. The zero-order valence-corrected chi connectivity index (χ0v) is 13.0. The second-order valence-electron chi connectivity index (χ2n) is 4.44. The molecule has 6 nitrogen and oxygen atoms in total. The quantitative estimate of drug-likeness (QED) is 0.592. The fourth-order valence-corrected chi connectivity index (χ4v) is 2.53. The fraction of sp³-hybridized carbons (Fsp3) is 0.267. The molecule has 0 aliphatic heterocycles. The summed E-state index contributed by atoms with van der Waals surface area (Å²) in [5.74, 6) is 0.919. The van der Waals surface area contributed by atoms with Crippen molar-refractivity contribution < 1.29 is 9.53 Å². The highest BCUT2D eigenvalue weighted by Gasteiger charge is 2.05. The largest absolute Gasteiger partial charge is 0.496 e. The number of methoxy groups -OCH3 is 1. The summed E-state index contributed by atoms with van der Waals surface area (Å²) in [5.41, 5.74) is 0.820. The highest BCUT2D eigenvalue weighted by Crippen LogP contribution is 2.17. The van der Waals surface area contributed by atoms with E-state index in [9.17, 15) is 9.59 Å². The second-order valence-corrected chi connectivity index (χ2v) is 5.40. The van der Waals surface area contributed by atoms with Crippen LogP contribution in [0.15, 0.2) is 46.5 Å². The number of aromatic amines is 1. The van der Waals surface area contributed by atoms with Crippen LogP contribution >= 0.6 is 11.8 Å². The van der Waals surface area contributed by atoms with Gasteiger partial charge in [-0.25, -0.2) is 4.98 Å². The van der Waals surface area contributed by atoms with Crippen LogP contribution in [0.5, 0.6) is 5.75 Å². The average molecular weight is 319 g/mol. The molecule has 7 heteroatoms. The van der Waals surface area contributed by atoms with Crippen LogP contribution in [-0.4, -0.2) is 35.3 Å². The van der Waals surface area contributed by atoms with Gasteiger partial charge in [0.1, 0.15) is 5.75 Å². The first-order chi connectivity index (χ1) is 10.7. The fourth-order valence-electron chi connectivity index (χ4n) is 1.86. The van der Waals surface area contributed by atoms with E-state index in [1.807, 2.05) is 24.3 Å². The zero-order valence-electron chi connectivity index (χ0n) is 12.2. The van der Waals surface area contributed by atoms with E-state index in [0.29, 0.717) is 18.1 Å². The van der Waals surface area contributed by atoms with E-state index in [-0.39, 0.29) is 17.2 Å². The van der Waals surface area contributed by atoms with Crippen molar-refractivity contribution >= 4 is 17.7 Å². The number of hydrogen-bond acceptors (Lipinski definition) is 5. The summed E-state index contributed by atoms with van der Waals surface area (Å²) < 4.78 is 5.26. The highest BCUT2D eigenvalue weighted by molar-refractivity contribution is 7.99. The number of ether oxygens (including phenoxy) is 1. The minimum atomic E-state index is -0.228. The summed E-state index contributed by atoms with van der Waals surface area (Å²) in [6.45, 7) is 0.526. The van der Waals surface area contributed by atoms with Crippen LogP contribution in [0.1, 0.15) is 5.56 Å². The van der Waals surface area contributed by atoms with Gasteiger partial charge in [-0.3, -0.25) is 9.59 Å². The lowest BCUT2D eigenvalue weighted by Gasteiger charge is -2.09. The molecule has 1 aromatic heterocycles. The molecule has 0 aliphatic carbocycles. The van der Waals surface area contributed by atoms with Crippen LogP contribution in [0, 0.1) is 0 Å². The zero-order chi connectivity index (χ0) is 15.8. The first-order valence-electron chi connectivity index (χ1n) is 6.76. The Labute approximate surface area is 132 Å². The van der Waals surface area contributed by atoms with Gasteiger partial charge in [0.05, 0.1) is 12.9 Å². The molecule has 1 heterocycles. The lowest BCUT2D eigenvalue weighted by atomic mass is 10.1. The van der Waals surface area contributed by atoms with Crippen LogP contribution in [0.3, 0.4) is 0 Å². The number of aromatic nitrogens is 2. The number of amides is 1. The molecule has 0 fully saturated rings. The minimum absolute atomic E-state index is 0.105. The third-order valence-electron chi connectivity index (χ3n) is 2.90. The van der Waals surface area contributed by atoms with Crippen LogP contribution in [0.2, 0.25) is 0 Å². The molecule has 1 aromatic carbocycles. The second kappa shape index (κ2) is 8.23. The molecule has 0 saturated heterocycles. The SMILES string of the molecule is COc1ccccc1CCNC(=O)CSc1nccc(=O)[nH]1. The third-order valence-corrected chi connectivity index (χ3v) is 3.78. The summed E-state index contributed by atoms with van der Waals surface area (Å²) in [6.07, 6.45) is 2.11. The Bertz CT molecular complexity index is 687. The Balaban J connectivity index is 1.75. The molecule has 0 unspecified atom stereocenters. The summed E-state index contributed by atoms with van der Waals surface area (Å²) in [4.78, 5) is 29.4. The molecule has 2 aromatic rings. The third kappa shape index (κ3) is 4.92. The number of rotatable bonds is 7. The highest BCUT2D eigenvalue weighted by atomic mass is 32.2. The lowest BCUT2D eigenvalue weighted by Crippen LogP contribution is -2.27.